The molecule has 0 aliphatic rings. The molecule has 0 unspecified atom stereocenters. The van der Waals surface area contributed by atoms with Gasteiger partial charge in [0.05, 0.1) is 12.2 Å². The Morgan fingerprint density at radius 1 is 1.12 bits per heavy atom. The molecule has 102 valence electrons. The lowest BCUT2D eigenvalue weighted by molar-refractivity contribution is -0.136. The van der Waals surface area contributed by atoms with Gasteiger partial charge < -0.3 is 19.3 Å². The Morgan fingerprint density at radius 2 is 1.65 bits per heavy atom. The molecule has 0 aromatic carbocycles. The molecule has 4 heteroatoms. The minimum absolute atomic E-state index is 0.479. The van der Waals surface area contributed by atoms with Crippen LogP contribution in [0.5, 0.6) is 0 Å². The van der Waals surface area contributed by atoms with Crippen LogP contribution in [0.4, 0.5) is 0 Å². The van der Waals surface area contributed by atoms with E-state index in [2.05, 4.69) is 0 Å². The van der Waals surface area contributed by atoms with Crippen molar-refractivity contribution in [1.82, 2.24) is 0 Å². The van der Waals surface area contributed by atoms with E-state index in [1.807, 2.05) is 26.8 Å². The average molecular weight is 246 g/mol. The summed E-state index contributed by atoms with van der Waals surface area (Å²) in [6.45, 7) is 10.9. The summed E-state index contributed by atoms with van der Waals surface area (Å²) in [6.07, 6.45) is 1.85. The molecule has 0 aliphatic heterocycles. The lowest BCUT2D eigenvalue weighted by Crippen LogP contribution is -2.23. The van der Waals surface area contributed by atoms with Crippen LogP contribution in [-0.4, -0.2) is 36.8 Å². The zero-order valence-corrected chi connectivity index (χ0v) is 11.7. The maximum Gasteiger partial charge on any atom is 0.216 e. The van der Waals surface area contributed by atoms with Crippen molar-refractivity contribution in [3.63, 3.8) is 0 Å². The molecule has 0 aromatic rings. The SMILES string of the molecule is CCO/C(=C/CC(C)(C)O)C(OCC)OCC. The summed E-state index contributed by atoms with van der Waals surface area (Å²) in [5.41, 5.74) is -0.759. The van der Waals surface area contributed by atoms with Crippen LogP contribution in [0.1, 0.15) is 41.0 Å². The van der Waals surface area contributed by atoms with Gasteiger partial charge in [-0.3, -0.25) is 0 Å². The lowest BCUT2D eigenvalue weighted by Gasteiger charge is -2.22. The highest BCUT2D eigenvalue weighted by Gasteiger charge is 2.18. The maximum atomic E-state index is 9.69. The van der Waals surface area contributed by atoms with Crippen LogP contribution < -0.4 is 0 Å². The van der Waals surface area contributed by atoms with Gasteiger partial charge in [-0.25, -0.2) is 0 Å². The largest absolute Gasteiger partial charge is 0.493 e. The predicted octanol–water partition coefficient (Wildman–Crippen LogP) is 2.47. The highest BCUT2D eigenvalue weighted by Crippen LogP contribution is 2.16. The van der Waals surface area contributed by atoms with E-state index in [4.69, 9.17) is 14.2 Å². The van der Waals surface area contributed by atoms with Crippen LogP contribution in [0.25, 0.3) is 0 Å². The van der Waals surface area contributed by atoms with E-state index in [0.29, 0.717) is 32.0 Å². The van der Waals surface area contributed by atoms with Gasteiger partial charge in [0, 0.05) is 13.2 Å². The van der Waals surface area contributed by atoms with E-state index < -0.39 is 11.9 Å². The highest BCUT2D eigenvalue weighted by molar-refractivity contribution is 4.99. The fourth-order valence-corrected chi connectivity index (χ4v) is 1.26. The second-order valence-corrected chi connectivity index (χ2v) is 4.30. The van der Waals surface area contributed by atoms with Crippen molar-refractivity contribution < 1.29 is 19.3 Å². The quantitative estimate of drug-likeness (QED) is 0.501. The first-order valence-corrected chi connectivity index (χ1v) is 6.23. The lowest BCUT2D eigenvalue weighted by atomic mass is 10.1. The van der Waals surface area contributed by atoms with E-state index in [9.17, 15) is 5.11 Å². The number of aliphatic hydroxyl groups is 1. The Morgan fingerprint density at radius 3 is 2.00 bits per heavy atom. The molecule has 0 rings (SSSR count). The van der Waals surface area contributed by atoms with Crippen molar-refractivity contribution in [1.29, 1.82) is 0 Å². The molecule has 0 atom stereocenters. The van der Waals surface area contributed by atoms with Crippen molar-refractivity contribution in [3.05, 3.63) is 11.8 Å². The Bertz CT molecular complexity index is 212. The molecule has 0 fully saturated rings. The van der Waals surface area contributed by atoms with E-state index in [-0.39, 0.29) is 0 Å². The predicted molar refractivity (Wildman–Crippen MR) is 67.7 cm³/mol. The molecule has 0 radical (unpaired) electrons. The zero-order chi connectivity index (χ0) is 13.3. The second kappa shape index (κ2) is 8.50. The van der Waals surface area contributed by atoms with Crippen molar-refractivity contribution >= 4 is 0 Å². The van der Waals surface area contributed by atoms with Gasteiger partial charge in [0.1, 0.15) is 5.76 Å². The first-order chi connectivity index (χ1) is 7.94. The monoisotopic (exact) mass is 246 g/mol. The maximum absolute atomic E-state index is 9.69. The molecule has 0 aromatic heterocycles. The third kappa shape index (κ3) is 8.18. The summed E-state index contributed by atoms with van der Waals surface area (Å²) in [7, 11) is 0. The number of hydrogen-bond acceptors (Lipinski definition) is 4. The summed E-state index contributed by atoms with van der Waals surface area (Å²) in [5, 5.41) is 9.69. The highest BCUT2D eigenvalue weighted by atomic mass is 16.7. The normalized spacial score (nSPS) is 13.2. The van der Waals surface area contributed by atoms with E-state index in [1.54, 1.807) is 13.8 Å². The third-order valence-electron chi connectivity index (χ3n) is 1.98. The first-order valence-electron chi connectivity index (χ1n) is 6.23. The standard InChI is InChI=1S/C13H26O4/c1-6-15-11(9-10-13(4,5)14)12(16-7-2)17-8-3/h9,12,14H,6-8,10H2,1-5H3/b11-9+. The van der Waals surface area contributed by atoms with Gasteiger partial charge >= 0.3 is 0 Å². The summed E-state index contributed by atoms with van der Waals surface area (Å²) in [6, 6.07) is 0. The van der Waals surface area contributed by atoms with Gasteiger partial charge in [0.2, 0.25) is 6.29 Å². The van der Waals surface area contributed by atoms with Crippen LogP contribution >= 0.6 is 0 Å². The van der Waals surface area contributed by atoms with Gasteiger partial charge in [0.25, 0.3) is 0 Å². The minimum Gasteiger partial charge on any atom is -0.493 e. The van der Waals surface area contributed by atoms with Gasteiger partial charge in [0.15, 0.2) is 0 Å². The Kier molecular flexibility index (Phi) is 8.21. The summed E-state index contributed by atoms with van der Waals surface area (Å²) in [5.74, 6) is 0.637. The van der Waals surface area contributed by atoms with E-state index in [0.717, 1.165) is 0 Å². The van der Waals surface area contributed by atoms with Crippen molar-refractivity contribution in [2.75, 3.05) is 19.8 Å². The number of rotatable bonds is 9. The van der Waals surface area contributed by atoms with E-state index in [1.165, 1.54) is 0 Å². The average Bonchev–Trinajstić information content (AvgIpc) is 2.23. The molecule has 4 nitrogen and oxygen atoms in total. The Balaban J connectivity index is 4.64. The number of hydrogen-bond donors (Lipinski definition) is 1. The van der Waals surface area contributed by atoms with E-state index >= 15 is 0 Å². The smallest absolute Gasteiger partial charge is 0.216 e. The molecule has 0 heterocycles. The fourth-order valence-electron chi connectivity index (χ4n) is 1.26. The Labute approximate surface area is 105 Å². The minimum atomic E-state index is -0.759. The van der Waals surface area contributed by atoms with Crippen molar-refractivity contribution in [2.24, 2.45) is 0 Å². The fraction of sp³-hybridized carbons (Fsp3) is 0.846. The molecular formula is C13H26O4. The Hall–Kier alpha value is -0.580. The molecule has 17 heavy (non-hydrogen) atoms. The van der Waals surface area contributed by atoms with Gasteiger partial charge in [-0.2, -0.15) is 0 Å². The molecule has 0 saturated carbocycles. The summed E-state index contributed by atoms with van der Waals surface area (Å²) >= 11 is 0. The number of ether oxygens (including phenoxy) is 3. The molecule has 0 amide bonds. The second-order valence-electron chi connectivity index (χ2n) is 4.30. The molecule has 0 saturated heterocycles. The molecule has 0 bridgehead atoms. The topological polar surface area (TPSA) is 47.9 Å². The molecule has 1 N–H and O–H groups in total. The molecule has 0 spiro atoms. The summed E-state index contributed by atoms with van der Waals surface area (Å²) < 4.78 is 16.4. The van der Waals surface area contributed by atoms with Crippen molar-refractivity contribution in [3.8, 4) is 0 Å². The van der Waals surface area contributed by atoms with Crippen LogP contribution in [0.2, 0.25) is 0 Å². The van der Waals surface area contributed by atoms with Crippen LogP contribution in [0, 0.1) is 0 Å². The first kappa shape index (κ1) is 16.4. The van der Waals surface area contributed by atoms with Crippen LogP contribution in [0.3, 0.4) is 0 Å². The zero-order valence-electron chi connectivity index (χ0n) is 11.7. The van der Waals surface area contributed by atoms with Crippen LogP contribution in [-0.2, 0) is 14.2 Å². The molecule has 0 aliphatic carbocycles. The van der Waals surface area contributed by atoms with Gasteiger partial charge in [-0.1, -0.05) is 0 Å². The van der Waals surface area contributed by atoms with Gasteiger partial charge in [-0.05, 0) is 47.1 Å². The summed E-state index contributed by atoms with van der Waals surface area (Å²) in [4.78, 5) is 0. The van der Waals surface area contributed by atoms with Gasteiger partial charge in [-0.15, -0.1) is 0 Å². The van der Waals surface area contributed by atoms with Crippen LogP contribution in [0.15, 0.2) is 11.8 Å². The van der Waals surface area contributed by atoms with Crippen molar-refractivity contribution in [2.45, 2.75) is 52.9 Å². The molecular weight excluding hydrogens is 220 g/mol. The third-order valence-corrected chi connectivity index (χ3v) is 1.98.